The summed E-state index contributed by atoms with van der Waals surface area (Å²) in [7, 11) is 0. The van der Waals surface area contributed by atoms with Crippen LogP contribution in [0.4, 0.5) is 11.5 Å². The summed E-state index contributed by atoms with van der Waals surface area (Å²) >= 11 is 0. The van der Waals surface area contributed by atoms with Gasteiger partial charge in [-0.15, -0.1) is 0 Å². The summed E-state index contributed by atoms with van der Waals surface area (Å²) in [6.07, 6.45) is 6.32. The van der Waals surface area contributed by atoms with Crippen LogP contribution in [0.2, 0.25) is 0 Å². The second kappa shape index (κ2) is 11.6. The molecule has 0 N–H and O–H groups in total. The lowest BCUT2D eigenvalue weighted by atomic mass is 9.92. The van der Waals surface area contributed by atoms with E-state index in [0.717, 1.165) is 31.1 Å². The van der Waals surface area contributed by atoms with Gasteiger partial charge in [0.25, 0.3) is 0 Å². The zero-order valence-electron chi connectivity index (χ0n) is 20.6. The molecular weight excluding hydrogens is 460 g/mol. The highest BCUT2D eigenvalue weighted by atomic mass is 16.6. The summed E-state index contributed by atoms with van der Waals surface area (Å²) in [6.45, 7) is 5.81. The first kappa shape index (κ1) is 25.1. The molecule has 1 aliphatic heterocycles. The van der Waals surface area contributed by atoms with Crippen LogP contribution in [-0.2, 0) is 0 Å². The summed E-state index contributed by atoms with van der Waals surface area (Å²) < 4.78 is 12.0. The van der Waals surface area contributed by atoms with Gasteiger partial charge in [-0.2, -0.15) is 4.98 Å². The van der Waals surface area contributed by atoms with E-state index in [9.17, 15) is 14.9 Å². The average Bonchev–Trinajstić information content (AvgIpc) is 2.90. The number of ether oxygens (including phenoxy) is 2. The molecule has 188 valence electrons. The molecule has 9 heteroatoms. The fourth-order valence-electron chi connectivity index (χ4n) is 4.62. The third kappa shape index (κ3) is 5.45. The Labute approximate surface area is 210 Å². The van der Waals surface area contributed by atoms with Gasteiger partial charge >= 0.3 is 11.6 Å². The van der Waals surface area contributed by atoms with E-state index in [-0.39, 0.29) is 17.4 Å². The first-order valence-corrected chi connectivity index (χ1v) is 12.3. The number of hydrogen-bond donors (Lipinski definition) is 0. The van der Waals surface area contributed by atoms with Crippen LogP contribution in [0, 0.1) is 16.0 Å². The topological polar surface area (TPSA) is 108 Å². The number of rotatable bonds is 10. The Morgan fingerprint density at radius 1 is 1.11 bits per heavy atom. The molecular formula is C27H30N4O5. The van der Waals surface area contributed by atoms with Crippen molar-refractivity contribution in [3.05, 3.63) is 64.5 Å². The van der Waals surface area contributed by atoms with Crippen molar-refractivity contribution in [3.63, 3.8) is 0 Å². The minimum atomic E-state index is -0.482. The van der Waals surface area contributed by atoms with Gasteiger partial charge in [-0.05, 0) is 37.3 Å². The molecule has 3 aromatic rings. The number of para-hydroxylation sites is 1. The number of benzene rings is 2. The number of piperidine rings is 1. The van der Waals surface area contributed by atoms with Gasteiger partial charge < -0.3 is 14.4 Å². The van der Waals surface area contributed by atoms with Gasteiger partial charge in [0, 0.05) is 24.2 Å². The number of aldehydes is 1. The SMILES string of the molecule is CCCC1CCN(c2ncnc(Oc3c(OCC)cccc3-c3ccc(C=O)cc3)c2[N+](=O)[O-])CC1. The molecule has 4 rings (SSSR count). The van der Waals surface area contributed by atoms with Crippen molar-refractivity contribution in [1.82, 2.24) is 9.97 Å². The van der Waals surface area contributed by atoms with Crippen LogP contribution in [0.3, 0.4) is 0 Å². The number of nitrogens with zero attached hydrogens (tertiary/aromatic N) is 4. The van der Waals surface area contributed by atoms with E-state index < -0.39 is 4.92 Å². The standard InChI is InChI=1S/C27H30N4O5/c1-3-6-19-13-15-30(16-14-19)26-24(31(33)34)27(29-18-28-26)36-25-22(7-5-8-23(25)35-4-2)21-11-9-20(17-32)10-12-21/h5,7-12,17-19H,3-4,6,13-16H2,1-2H3. The van der Waals surface area contributed by atoms with E-state index in [1.165, 1.54) is 12.7 Å². The molecule has 1 aromatic heterocycles. The van der Waals surface area contributed by atoms with Gasteiger partial charge in [-0.3, -0.25) is 14.9 Å². The van der Waals surface area contributed by atoms with Gasteiger partial charge in [0.05, 0.1) is 11.5 Å². The minimum absolute atomic E-state index is 0.140. The van der Waals surface area contributed by atoms with Crippen molar-refractivity contribution >= 4 is 17.8 Å². The van der Waals surface area contributed by atoms with Crippen molar-refractivity contribution < 1.29 is 19.2 Å². The molecule has 2 aromatic carbocycles. The zero-order chi connectivity index (χ0) is 25.5. The molecule has 2 heterocycles. The molecule has 0 atom stereocenters. The molecule has 9 nitrogen and oxygen atoms in total. The third-order valence-electron chi connectivity index (χ3n) is 6.40. The van der Waals surface area contributed by atoms with E-state index in [4.69, 9.17) is 9.47 Å². The normalized spacial score (nSPS) is 13.9. The third-order valence-corrected chi connectivity index (χ3v) is 6.40. The Bertz CT molecular complexity index is 1210. The fourth-order valence-corrected chi connectivity index (χ4v) is 4.62. The molecule has 36 heavy (non-hydrogen) atoms. The molecule has 0 unspecified atom stereocenters. The van der Waals surface area contributed by atoms with Gasteiger partial charge in [0.1, 0.15) is 12.6 Å². The summed E-state index contributed by atoms with van der Waals surface area (Å²) in [6, 6.07) is 12.4. The van der Waals surface area contributed by atoms with Crippen LogP contribution in [0.25, 0.3) is 11.1 Å². The molecule has 0 amide bonds. The van der Waals surface area contributed by atoms with Gasteiger partial charge in [0.15, 0.2) is 11.5 Å². The monoisotopic (exact) mass is 490 g/mol. The molecule has 0 radical (unpaired) electrons. The van der Waals surface area contributed by atoms with Gasteiger partial charge in [0.2, 0.25) is 5.82 Å². The highest BCUT2D eigenvalue weighted by Gasteiger charge is 2.32. The van der Waals surface area contributed by atoms with Crippen molar-refractivity contribution in [2.75, 3.05) is 24.6 Å². The van der Waals surface area contributed by atoms with Crippen LogP contribution < -0.4 is 14.4 Å². The Balaban J connectivity index is 1.73. The largest absolute Gasteiger partial charge is 0.490 e. The number of anilines is 1. The van der Waals surface area contributed by atoms with Crippen LogP contribution in [0.5, 0.6) is 17.4 Å². The predicted molar refractivity (Wildman–Crippen MR) is 137 cm³/mol. The first-order valence-electron chi connectivity index (χ1n) is 12.3. The Morgan fingerprint density at radius 2 is 1.86 bits per heavy atom. The maximum absolute atomic E-state index is 12.2. The van der Waals surface area contributed by atoms with Crippen LogP contribution >= 0.6 is 0 Å². The van der Waals surface area contributed by atoms with Crippen LogP contribution in [-0.4, -0.2) is 40.9 Å². The lowest BCUT2D eigenvalue weighted by Crippen LogP contribution is -2.34. The van der Waals surface area contributed by atoms with Crippen LogP contribution in [0.15, 0.2) is 48.8 Å². The molecule has 1 fully saturated rings. The molecule has 1 saturated heterocycles. The maximum Gasteiger partial charge on any atom is 0.373 e. The zero-order valence-corrected chi connectivity index (χ0v) is 20.6. The summed E-state index contributed by atoms with van der Waals surface area (Å²) in [5.74, 6) is 1.51. The van der Waals surface area contributed by atoms with Crippen molar-refractivity contribution in [2.45, 2.75) is 39.5 Å². The van der Waals surface area contributed by atoms with Gasteiger partial charge in [-0.1, -0.05) is 56.2 Å². The quantitative estimate of drug-likeness (QED) is 0.191. The Morgan fingerprint density at radius 3 is 2.50 bits per heavy atom. The lowest BCUT2D eigenvalue weighted by Gasteiger charge is -2.32. The molecule has 1 aliphatic rings. The molecule has 0 spiro atoms. The van der Waals surface area contributed by atoms with E-state index >= 15 is 0 Å². The second-order valence-corrected chi connectivity index (χ2v) is 8.74. The molecule has 0 saturated carbocycles. The number of carbonyl (C=O) groups is 1. The highest BCUT2D eigenvalue weighted by molar-refractivity contribution is 5.79. The van der Waals surface area contributed by atoms with Crippen molar-refractivity contribution in [3.8, 4) is 28.5 Å². The minimum Gasteiger partial charge on any atom is -0.490 e. The van der Waals surface area contributed by atoms with E-state index in [1.807, 2.05) is 24.0 Å². The fraction of sp³-hybridized carbons (Fsp3) is 0.370. The lowest BCUT2D eigenvalue weighted by molar-refractivity contribution is -0.385. The summed E-state index contributed by atoms with van der Waals surface area (Å²) in [4.78, 5) is 33.2. The summed E-state index contributed by atoms with van der Waals surface area (Å²) in [5, 5.41) is 12.2. The Kier molecular flexibility index (Phi) is 8.10. The van der Waals surface area contributed by atoms with E-state index in [1.54, 1.807) is 30.3 Å². The Hall–Kier alpha value is -4.01. The highest BCUT2D eigenvalue weighted by Crippen LogP contribution is 2.44. The van der Waals surface area contributed by atoms with Crippen molar-refractivity contribution in [2.24, 2.45) is 5.92 Å². The smallest absolute Gasteiger partial charge is 0.373 e. The number of aromatic nitrogens is 2. The first-order chi connectivity index (χ1) is 17.5. The van der Waals surface area contributed by atoms with E-state index in [0.29, 0.717) is 48.2 Å². The number of hydrogen-bond acceptors (Lipinski definition) is 8. The van der Waals surface area contributed by atoms with E-state index in [2.05, 4.69) is 16.9 Å². The van der Waals surface area contributed by atoms with Crippen molar-refractivity contribution in [1.29, 1.82) is 0 Å². The molecule has 0 aliphatic carbocycles. The maximum atomic E-state index is 12.2. The number of nitro groups is 1. The van der Waals surface area contributed by atoms with Crippen LogP contribution in [0.1, 0.15) is 49.9 Å². The predicted octanol–water partition coefficient (Wildman–Crippen LogP) is 6.07. The molecule has 0 bridgehead atoms. The van der Waals surface area contributed by atoms with Gasteiger partial charge in [-0.25, -0.2) is 4.98 Å². The summed E-state index contributed by atoms with van der Waals surface area (Å²) in [5.41, 5.74) is 1.71. The second-order valence-electron chi connectivity index (χ2n) is 8.74. The average molecular weight is 491 g/mol. The number of carbonyl (C=O) groups excluding carboxylic acids is 1.